The van der Waals surface area contributed by atoms with E-state index in [1.165, 1.54) is 25.3 Å². The summed E-state index contributed by atoms with van der Waals surface area (Å²) in [5.41, 5.74) is 0.839. The number of carbonyl (C=O) groups is 2. The van der Waals surface area contributed by atoms with E-state index in [1.54, 1.807) is 60.7 Å². The minimum absolute atomic E-state index is 0.0601. The number of pyridine rings is 1. The van der Waals surface area contributed by atoms with Gasteiger partial charge in [-0.15, -0.1) is 0 Å². The number of aliphatic hydroxyl groups excluding tert-OH is 1. The molecule has 0 radical (unpaired) electrons. The summed E-state index contributed by atoms with van der Waals surface area (Å²) < 4.78 is 16.3. The molecule has 34 heavy (non-hydrogen) atoms. The number of aromatic nitrogens is 1. The molecule has 1 atom stereocenters. The number of methoxy groups -OCH3 is 2. The predicted octanol–water partition coefficient (Wildman–Crippen LogP) is 4.12. The SMILES string of the molecule is CCOc1ccc([C@H]2C(=C(O)c3cccc(OC)c3)C(=O)C(=O)N2c2ccccn2)cc1OC. The van der Waals surface area contributed by atoms with E-state index < -0.39 is 17.7 Å². The maximum atomic E-state index is 13.2. The van der Waals surface area contributed by atoms with Crippen LogP contribution in [0.4, 0.5) is 5.82 Å². The Morgan fingerprint density at radius 3 is 2.50 bits per heavy atom. The van der Waals surface area contributed by atoms with Gasteiger partial charge in [0.25, 0.3) is 5.78 Å². The van der Waals surface area contributed by atoms with Crippen LogP contribution in [0, 0.1) is 0 Å². The molecule has 1 aromatic heterocycles. The highest BCUT2D eigenvalue weighted by Gasteiger charge is 2.47. The molecule has 0 saturated carbocycles. The van der Waals surface area contributed by atoms with E-state index in [-0.39, 0.29) is 17.2 Å². The van der Waals surface area contributed by atoms with E-state index in [0.717, 1.165) is 0 Å². The minimum Gasteiger partial charge on any atom is -0.507 e. The number of carbonyl (C=O) groups excluding carboxylic acids is 2. The van der Waals surface area contributed by atoms with Gasteiger partial charge in [-0.25, -0.2) is 4.98 Å². The van der Waals surface area contributed by atoms with Crippen molar-refractivity contribution in [2.45, 2.75) is 13.0 Å². The Hall–Kier alpha value is -4.33. The van der Waals surface area contributed by atoms with Crippen molar-refractivity contribution in [3.8, 4) is 17.2 Å². The van der Waals surface area contributed by atoms with Crippen molar-refractivity contribution in [1.29, 1.82) is 0 Å². The van der Waals surface area contributed by atoms with Gasteiger partial charge in [0.1, 0.15) is 17.3 Å². The Morgan fingerprint density at radius 1 is 1.00 bits per heavy atom. The zero-order chi connectivity index (χ0) is 24.2. The number of hydrogen-bond acceptors (Lipinski definition) is 7. The molecular weight excluding hydrogens is 436 g/mol. The highest BCUT2D eigenvalue weighted by Crippen LogP contribution is 2.43. The smallest absolute Gasteiger partial charge is 0.301 e. The first-order valence-corrected chi connectivity index (χ1v) is 10.7. The molecule has 0 spiro atoms. The molecule has 8 nitrogen and oxygen atoms in total. The van der Waals surface area contributed by atoms with E-state index in [4.69, 9.17) is 14.2 Å². The van der Waals surface area contributed by atoms with Gasteiger partial charge in [0.15, 0.2) is 11.5 Å². The van der Waals surface area contributed by atoms with Gasteiger partial charge in [-0.1, -0.05) is 24.3 Å². The van der Waals surface area contributed by atoms with Crippen LogP contribution < -0.4 is 19.1 Å². The van der Waals surface area contributed by atoms with Crippen LogP contribution in [0.5, 0.6) is 17.2 Å². The summed E-state index contributed by atoms with van der Waals surface area (Å²) in [6, 6.07) is 15.9. The largest absolute Gasteiger partial charge is 0.507 e. The molecule has 1 amide bonds. The number of Topliss-reactive ketones (excluding diaryl/α,β-unsaturated/α-hetero) is 1. The Balaban J connectivity index is 1.94. The second kappa shape index (κ2) is 9.66. The first-order valence-electron chi connectivity index (χ1n) is 10.7. The first kappa shape index (κ1) is 22.8. The quantitative estimate of drug-likeness (QED) is 0.322. The Kier molecular flexibility index (Phi) is 6.49. The molecule has 0 aliphatic carbocycles. The number of ketones is 1. The highest BCUT2D eigenvalue weighted by atomic mass is 16.5. The summed E-state index contributed by atoms with van der Waals surface area (Å²) in [4.78, 5) is 32.0. The molecule has 1 aliphatic rings. The summed E-state index contributed by atoms with van der Waals surface area (Å²) >= 11 is 0. The number of aliphatic hydroxyl groups is 1. The molecule has 8 heteroatoms. The van der Waals surface area contributed by atoms with Crippen molar-refractivity contribution < 1.29 is 28.9 Å². The fraction of sp³-hybridized carbons (Fsp3) is 0.192. The van der Waals surface area contributed by atoms with Crippen LogP contribution in [-0.2, 0) is 9.59 Å². The van der Waals surface area contributed by atoms with Gasteiger partial charge in [0, 0.05) is 11.8 Å². The lowest BCUT2D eigenvalue weighted by Crippen LogP contribution is -2.30. The summed E-state index contributed by atoms with van der Waals surface area (Å²) in [7, 11) is 3.01. The second-order valence-electron chi connectivity index (χ2n) is 7.43. The number of ether oxygens (including phenoxy) is 3. The maximum Gasteiger partial charge on any atom is 0.301 e. The molecule has 0 bridgehead atoms. The summed E-state index contributed by atoms with van der Waals surface area (Å²) in [5, 5.41) is 11.2. The van der Waals surface area contributed by atoms with E-state index in [2.05, 4.69) is 4.98 Å². The van der Waals surface area contributed by atoms with Crippen molar-refractivity contribution in [1.82, 2.24) is 4.98 Å². The Bertz CT molecular complexity index is 1260. The van der Waals surface area contributed by atoms with Crippen molar-refractivity contribution in [3.05, 3.63) is 83.6 Å². The summed E-state index contributed by atoms with van der Waals surface area (Å²) in [6.07, 6.45) is 1.53. The number of amides is 1. The third kappa shape index (κ3) is 4.05. The van der Waals surface area contributed by atoms with Crippen molar-refractivity contribution in [2.24, 2.45) is 0 Å². The molecule has 1 aliphatic heterocycles. The lowest BCUT2D eigenvalue weighted by molar-refractivity contribution is -0.132. The molecule has 2 heterocycles. The third-order valence-corrected chi connectivity index (χ3v) is 5.49. The van der Waals surface area contributed by atoms with E-state index in [1.807, 2.05) is 6.92 Å². The van der Waals surface area contributed by atoms with E-state index in [9.17, 15) is 14.7 Å². The lowest BCUT2D eigenvalue weighted by atomic mass is 9.95. The number of anilines is 1. The first-order chi connectivity index (χ1) is 16.5. The molecule has 4 rings (SSSR count). The fourth-order valence-corrected chi connectivity index (χ4v) is 3.94. The van der Waals surface area contributed by atoms with Crippen LogP contribution in [0.1, 0.15) is 24.1 Å². The normalized spacial score (nSPS) is 17.0. The predicted molar refractivity (Wildman–Crippen MR) is 126 cm³/mol. The molecule has 1 fully saturated rings. The molecule has 3 aromatic rings. The van der Waals surface area contributed by atoms with Gasteiger partial charge in [0.05, 0.1) is 32.4 Å². The second-order valence-corrected chi connectivity index (χ2v) is 7.43. The highest BCUT2D eigenvalue weighted by molar-refractivity contribution is 6.51. The van der Waals surface area contributed by atoms with Gasteiger partial charge >= 0.3 is 5.91 Å². The number of nitrogens with zero attached hydrogens (tertiary/aromatic N) is 2. The van der Waals surface area contributed by atoms with Crippen LogP contribution in [0.15, 0.2) is 72.4 Å². The molecule has 0 unspecified atom stereocenters. The molecule has 1 saturated heterocycles. The zero-order valence-corrected chi connectivity index (χ0v) is 19.0. The topological polar surface area (TPSA) is 98.2 Å². The lowest BCUT2D eigenvalue weighted by Gasteiger charge is -2.25. The fourth-order valence-electron chi connectivity index (χ4n) is 3.94. The average Bonchev–Trinajstić information content (AvgIpc) is 3.14. The van der Waals surface area contributed by atoms with Crippen LogP contribution in [0.25, 0.3) is 5.76 Å². The summed E-state index contributed by atoms with van der Waals surface area (Å²) in [5.74, 6) is -0.170. The number of benzene rings is 2. The van der Waals surface area contributed by atoms with Crippen LogP contribution >= 0.6 is 0 Å². The van der Waals surface area contributed by atoms with Gasteiger partial charge < -0.3 is 19.3 Å². The maximum absolute atomic E-state index is 13.2. The van der Waals surface area contributed by atoms with E-state index >= 15 is 0 Å². The zero-order valence-electron chi connectivity index (χ0n) is 19.0. The standard InChI is InChI=1S/C26H24N2O6/c1-4-34-19-12-11-16(15-20(19)33-3)23-22(24(29)17-8-7-9-18(14-17)32-2)25(30)26(31)28(23)21-10-5-6-13-27-21/h5-15,23,29H,4H2,1-3H3/t23-/m0/s1. The molecule has 2 aromatic carbocycles. The van der Waals surface area contributed by atoms with E-state index in [0.29, 0.717) is 35.0 Å². The van der Waals surface area contributed by atoms with Gasteiger partial charge in [0.2, 0.25) is 0 Å². The Labute approximate surface area is 197 Å². The van der Waals surface area contributed by atoms with Crippen molar-refractivity contribution >= 4 is 23.3 Å². The molecule has 1 N–H and O–H groups in total. The minimum atomic E-state index is -0.939. The Morgan fingerprint density at radius 2 is 1.82 bits per heavy atom. The summed E-state index contributed by atoms with van der Waals surface area (Å²) in [6.45, 7) is 2.30. The molecular formula is C26H24N2O6. The van der Waals surface area contributed by atoms with Gasteiger partial charge in [-0.05, 0) is 48.9 Å². The average molecular weight is 460 g/mol. The van der Waals surface area contributed by atoms with Crippen molar-refractivity contribution in [2.75, 3.05) is 25.7 Å². The van der Waals surface area contributed by atoms with Gasteiger partial charge in [-0.2, -0.15) is 0 Å². The van der Waals surface area contributed by atoms with Crippen LogP contribution in [-0.4, -0.2) is 42.6 Å². The van der Waals surface area contributed by atoms with Crippen LogP contribution in [0.2, 0.25) is 0 Å². The van der Waals surface area contributed by atoms with Gasteiger partial charge in [-0.3, -0.25) is 14.5 Å². The third-order valence-electron chi connectivity index (χ3n) is 5.49. The number of rotatable bonds is 7. The monoisotopic (exact) mass is 460 g/mol. The number of hydrogen-bond donors (Lipinski definition) is 1. The van der Waals surface area contributed by atoms with Crippen LogP contribution in [0.3, 0.4) is 0 Å². The van der Waals surface area contributed by atoms with Crippen molar-refractivity contribution in [3.63, 3.8) is 0 Å². The molecule has 174 valence electrons.